The predicted molar refractivity (Wildman–Crippen MR) is 19.8 cm³/mol. The number of nitrogens with zero attached hydrogens (tertiary/aromatic N) is 3. The van der Waals surface area contributed by atoms with Gasteiger partial charge in [0, 0.05) is 7.05 Å². The van der Waals surface area contributed by atoms with E-state index < -0.39 is 0 Å². The van der Waals surface area contributed by atoms with Gasteiger partial charge in [-0.15, -0.1) is 5.10 Å². The highest BCUT2D eigenvalue weighted by atomic mass is 15.4. The third-order valence-electron chi connectivity index (χ3n) is 0.488. The van der Waals surface area contributed by atoms with Gasteiger partial charge >= 0.3 is 0 Å². The summed E-state index contributed by atoms with van der Waals surface area (Å²) in [4.78, 5) is 0. The van der Waals surface area contributed by atoms with Crippen molar-refractivity contribution in [2.75, 3.05) is 0 Å². The molecular formula is C3H4N3. The monoisotopic (exact) mass is 82.0 g/mol. The Morgan fingerprint density at radius 1 is 1.83 bits per heavy atom. The molecule has 1 aromatic rings. The third-order valence-corrected chi connectivity index (χ3v) is 0.488. The maximum Gasteiger partial charge on any atom is 0.134 e. The van der Waals surface area contributed by atoms with Crippen LogP contribution in [-0.2, 0) is 7.05 Å². The summed E-state index contributed by atoms with van der Waals surface area (Å²) in [6, 6.07) is 0. The molecular weight excluding hydrogens is 78.1 g/mol. The van der Waals surface area contributed by atoms with Crippen LogP contribution in [-0.4, -0.2) is 15.0 Å². The average Bonchev–Trinajstić information content (AvgIpc) is 1.86. The van der Waals surface area contributed by atoms with Gasteiger partial charge in [0.15, 0.2) is 0 Å². The summed E-state index contributed by atoms with van der Waals surface area (Å²) in [5, 5.41) is 6.94. The molecule has 0 atom stereocenters. The van der Waals surface area contributed by atoms with E-state index in [-0.39, 0.29) is 0 Å². The fourth-order valence-electron chi connectivity index (χ4n) is 0.232. The zero-order valence-electron chi connectivity index (χ0n) is 3.42. The predicted octanol–water partition coefficient (Wildman–Crippen LogP) is -0.385. The molecule has 0 aliphatic rings. The lowest BCUT2D eigenvalue weighted by Gasteiger charge is -1.73. The summed E-state index contributed by atoms with van der Waals surface area (Å²) < 4.78 is 1.58. The van der Waals surface area contributed by atoms with Crippen LogP contribution in [0.5, 0.6) is 0 Å². The number of aryl methyl sites for hydroxylation is 1. The van der Waals surface area contributed by atoms with Crippen molar-refractivity contribution in [3.63, 3.8) is 0 Å². The average molecular weight is 82.1 g/mol. The summed E-state index contributed by atoms with van der Waals surface area (Å²) in [5.74, 6) is 0. The van der Waals surface area contributed by atoms with E-state index >= 15 is 0 Å². The Labute approximate surface area is 35.6 Å². The van der Waals surface area contributed by atoms with Crippen LogP contribution in [0, 0.1) is 6.20 Å². The molecule has 0 unspecified atom stereocenters. The van der Waals surface area contributed by atoms with Crippen LogP contribution in [0.4, 0.5) is 0 Å². The van der Waals surface area contributed by atoms with E-state index in [1.54, 1.807) is 17.9 Å². The largest absolute Gasteiger partial charge is 0.255 e. The van der Waals surface area contributed by atoms with Crippen molar-refractivity contribution in [2.45, 2.75) is 0 Å². The molecule has 0 N–H and O–H groups in total. The minimum absolute atomic E-state index is 1.58. The summed E-state index contributed by atoms with van der Waals surface area (Å²) in [6.07, 6.45) is 4.18. The van der Waals surface area contributed by atoms with Gasteiger partial charge in [0.05, 0.1) is 6.20 Å². The lowest BCUT2D eigenvalue weighted by Crippen LogP contribution is -1.85. The molecule has 3 nitrogen and oxygen atoms in total. The molecule has 0 bridgehead atoms. The molecule has 1 aromatic heterocycles. The van der Waals surface area contributed by atoms with E-state index in [0.717, 1.165) is 0 Å². The molecule has 3 heteroatoms. The fraction of sp³-hybridized carbons (Fsp3) is 0.333. The molecule has 0 saturated carbocycles. The first-order chi connectivity index (χ1) is 2.89. The van der Waals surface area contributed by atoms with Crippen LogP contribution < -0.4 is 0 Å². The van der Waals surface area contributed by atoms with Gasteiger partial charge in [-0.25, -0.2) is 0 Å². The molecule has 0 saturated heterocycles. The fourth-order valence-corrected chi connectivity index (χ4v) is 0.232. The van der Waals surface area contributed by atoms with Gasteiger partial charge in [-0.1, -0.05) is 5.21 Å². The second kappa shape index (κ2) is 1.08. The minimum Gasteiger partial charge on any atom is -0.255 e. The lowest BCUT2D eigenvalue weighted by atomic mass is 10.9. The van der Waals surface area contributed by atoms with Crippen molar-refractivity contribution in [2.24, 2.45) is 7.05 Å². The number of aromatic nitrogens is 3. The number of hydrogen-bond acceptors (Lipinski definition) is 2. The van der Waals surface area contributed by atoms with Gasteiger partial charge in [-0.3, -0.25) is 4.68 Å². The van der Waals surface area contributed by atoms with Gasteiger partial charge in [-0.2, -0.15) is 0 Å². The second-order valence-electron chi connectivity index (χ2n) is 1.02. The van der Waals surface area contributed by atoms with Crippen LogP contribution in [0.25, 0.3) is 0 Å². The van der Waals surface area contributed by atoms with Crippen molar-refractivity contribution in [1.82, 2.24) is 15.0 Å². The molecule has 1 heterocycles. The van der Waals surface area contributed by atoms with Crippen LogP contribution in [0.1, 0.15) is 0 Å². The Bertz CT molecular complexity index is 110. The second-order valence-corrected chi connectivity index (χ2v) is 1.02. The highest BCUT2D eigenvalue weighted by molar-refractivity contribution is 4.56. The van der Waals surface area contributed by atoms with Crippen LogP contribution >= 0.6 is 0 Å². The molecule has 0 spiro atoms. The molecule has 1 radical (unpaired) electrons. The van der Waals surface area contributed by atoms with Crippen molar-refractivity contribution in [3.8, 4) is 0 Å². The van der Waals surface area contributed by atoms with E-state index in [1.165, 1.54) is 0 Å². The van der Waals surface area contributed by atoms with Crippen molar-refractivity contribution < 1.29 is 0 Å². The Morgan fingerprint density at radius 2 is 2.67 bits per heavy atom. The highest BCUT2D eigenvalue weighted by Gasteiger charge is 1.72. The molecule has 0 amide bonds. The van der Waals surface area contributed by atoms with E-state index in [9.17, 15) is 0 Å². The van der Waals surface area contributed by atoms with Gasteiger partial charge in [0.25, 0.3) is 0 Å². The summed E-state index contributed by atoms with van der Waals surface area (Å²) >= 11 is 0. The van der Waals surface area contributed by atoms with Crippen LogP contribution in [0.2, 0.25) is 0 Å². The maximum atomic E-state index is 3.53. The topological polar surface area (TPSA) is 30.7 Å². The Kier molecular flexibility index (Phi) is 0.602. The van der Waals surface area contributed by atoms with Gasteiger partial charge < -0.3 is 0 Å². The van der Waals surface area contributed by atoms with Gasteiger partial charge in [0.2, 0.25) is 0 Å². The minimum atomic E-state index is 1.58. The van der Waals surface area contributed by atoms with Crippen molar-refractivity contribution in [1.29, 1.82) is 0 Å². The third kappa shape index (κ3) is 0.381. The Balaban J connectivity index is 3.05. The molecule has 31 valence electrons. The standard InChI is InChI=1S/C3H4N3/c1-6-3-2-4-5-6/h3H,1H3. The zero-order chi connectivity index (χ0) is 4.41. The van der Waals surface area contributed by atoms with E-state index in [2.05, 4.69) is 16.5 Å². The highest BCUT2D eigenvalue weighted by Crippen LogP contribution is 1.64. The zero-order valence-corrected chi connectivity index (χ0v) is 3.42. The summed E-state index contributed by atoms with van der Waals surface area (Å²) in [5.41, 5.74) is 0. The van der Waals surface area contributed by atoms with Crippen molar-refractivity contribution in [3.05, 3.63) is 12.4 Å². The molecule has 0 aromatic carbocycles. The normalized spacial score (nSPS) is 8.83. The first kappa shape index (κ1) is 3.33. The van der Waals surface area contributed by atoms with Gasteiger partial charge in [-0.05, 0) is 0 Å². The summed E-state index contributed by atoms with van der Waals surface area (Å²) in [7, 11) is 1.80. The quantitative estimate of drug-likeness (QED) is 0.427. The SMILES string of the molecule is Cn1c[c]nn1. The van der Waals surface area contributed by atoms with E-state index in [1.807, 2.05) is 0 Å². The molecule has 1 rings (SSSR count). The molecule has 6 heavy (non-hydrogen) atoms. The number of rotatable bonds is 0. The van der Waals surface area contributed by atoms with Gasteiger partial charge in [0.1, 0.15) is 6.20 Å². The van der Waals surface area contributed by atoms with Crippen LogP contribution in [0.15, 0.2) is 6.20 Å². The Morgan fingerprint density at radius 3 is 2.83 bits per heavy atom. The maximum absolute atomic E-state index is 3.53. The van der Waals surface area contributed by atoms with E-state index in [4.69, 9.17) is 0 Å². The molecule has 0 aliphatic carbocycles. The first-order valence-electron chi connectivity index (χ1n) is 1.62. The Hall–Kier alpha value is -0.860. The van der Waals surface area contributed by atoms with E-state index in [0.29, 0.717) is 0 Å². The smallest absolute Gasteiger partial charge is 0.134 e. The molecule has 0 fully saturated rings. The lowest BCUT2D eigenvalue weighted by molar-refractivity contribution is 0.714. The number of hydrogen-bond donors (Lipinski definition) is 0. The van der Waals surface area contributed by atoms with Crippen LogP contribution in [0.3, 0.4) is 0 Å². The first-order valence-corrected chi connectivity index (χ1v) is 1.62. The summed E-state index contributed by atoms with van der Waals surface area (Å²) in [6.45, 7) is 0. The molecule has 0 aliphatic heterocycles. The van der Waals surface area contributed by atoms with Crippen molar-refractivity contribution >= 4 is 0 Å².